The van der Waals surface area contributed by atoms with E-state index in [1.54, 1.807) is 0 Å². The molecule has 7 nitrogen and oxygen atoms in total. The molecule has 1 aromatic heterocycles. The van der Waals surface area contributed by atoms with Crippen LogP contribution in [0.1, 0.15) is 19.8 Å². The molecule has 1 amide bonds. The molecule has 0 radical (unpaired) electrons. The van der Waals surface area contributed by atoms with Crippen molar-refractivity contribution in [1.29, 1.82) is 5.26 Å². The number of aromatic amines is 1. The molecule has 3 N–H and O–H groups in total. The van der Waals surface area contributed by atoms with Crippen molar-refractivity contribution in [2.75, 3.05) is 11.9 Å². The summed E-state index contributed by atoms with van der Waals surface area (Å²) in [5.74, 6) is -0.0212. The van der Waals surface area contributed by atoms with Crippen LogP contribution in [0.2, 0.25) is 0 Å². The van der Waals surface area contributed by atoms with E-state index >= 15 is 0 Å². The Kier molecular flexibility index (Phi) is 5.24. The van der Waals surface area contributed by atoms with Gasteiger partial charge in [0.1, 0.15) is 18.0 Å². The van der Waals surface area contributed by atoms with Crippen molar-refractivity contribution in [3.05, 3.63) is 18.1 Å². The van der Waals surface area contributed by atoms with Crippen molar-refractivity contribution in [1.82, 2.24) is 20.5 Å². The number of aromatic nitrogens is 3. The van der Waals surface area contributed by atoms with Crippen LogP contribution in [0.3, 0.4) is 0 Å². The van der Waals surface area contributed by atoms with Crippen molar-refractivity contribution < 1.29 is 4.79 Å². The highest BCUT2D eigenvalue weighted by atomic mass is 16.1. The zero-order valence-corrected chi connectivity index (χ0v) is 9.53. The molecule has 0 spiro atoms. The second-order valence-corrected chi connectivity index (χ2v) is 3.26. The van der Waals surface area contributed by atoms with E-state index in [4.69, 9.17) is 5.26 Å². The van der Waals surface area contributed by atoms with Crippen LogP contribution in [-0.2, 0) is 4.79 Å². The zero-order valence-electron chi connectivity index (χ0n) is 9.53. The number of amides is 1. The van der Waals surface area contributed by atoms with Gasteiger partial charge < -0.3 is 10.6 Å². The molecular formula is C10H14N6O. The molecule has 0 aliphatic rings. The Morgan fingerprint density at radius 1 is 1.71 bits per heavy atom. The van der Waals surface area contributed by atoms with Crippen LogP contribution in [0.5, 0.6) is 0 Å². The molecule has 17 heavy (non-hydrogen) atoms. The summed E-state index contributed by atoms with van der Waals surface area (Å²) in [4.78, 5) is 15.3. The second-order valence-electron chi connectivity index (χ2n) is 3.26. The van der Waals surface area contributed by atoms with Gasteiger partial charge in [0, 0.05) is 12.7 Å². The molecule has 0 bridgehead atoms. The Labute approximate surface area is 98.9 Å². The average molecular weight is 234 g/mol. The lowest BCUT2D eigenvalue weighted by Gasteiger charge is -2.02. The number of nitriles is 1. The van der Waals surface area contributed by atoms with Crippen molar-refractivity contribution in [3.8, 4) is 6.07 Å². The van der Waals surface area contributed by atoms with Crippen LogP contribution in [-0.4, -0.2) is 27.6 Å². The number of nitrogens with zero attached hydrogens (tertiary/aromatic N) is 3. The number of hydrogen-bond acceptors (Lipinski definition) is 5. The first kappa shape index (κ1) is 12.7. The van der Waals surface area contributed by atoms with E-state index in [0.717, 1.165) is 12.8 Å². The number of nitrogens with one attached hydrogen (secondary N) is 3. The van der Waals surface area contributed by atoms with E-state index in [1.165, 1.54) is 12.5 Å². The molecule has 0 aliphatic heterocycles. The highest BCUT2D eigenvalue weighted by Gasteiger charge is 2.07. The predicted molar refractivity (Wildman–Crippen MR) is 61.6 cm³/mol. The summed E-state index contributed by atoms with van der Waals surface area (Å²) in [6, 6.07) is 1.82. The van der Waals surface area contributed by atoms with Crippen molar-refractivity contribution in [3.63, 3.8) is 0 Å². The fraction of sp³-hybridized carbons (Fsp3) is 0.400. The molecule has 1 heterocycles. The van der Waals surface area contributed by atoms with Gasteiger partial charge in [-0.2, -0.15) is 15.3 Å². The molecule has 0 fully saturated rings. The summed E-state index contributed by atoms with van der Waals surface area (Å²) in [7, 11) is 0. The van der Waals surface area contributed by atoms with Gasteiger partial charge in [0.05, 0.1) is 0 Å². The molecule has 0 aliphatic carbocycles. The SMILES string of the molecule is CCCCNC(=O)/C(C#N)=C\Nc1ncn[nH]1. The molecular weight excluding hydrogens is 220 g/mol. The molecule has 0 atom stereocenters. The molecule has 1 aromatic rings. The zero-order chi connectivity index (χ0) is 12.5. The van der Waals surface area contributed by atoms with Crippen LogP contribution in [0.15, 0.2) is 18.1 Å². The Bertz CT molecular complexity index is 417. The first-order chi connectivity index (χ1) is 8.27. The summed E-state index contributed by atoms with van der Waals surface area (Å²) < 4.78 is 0. The Balaban J connectivity index is 2.49. The van der Waals surface area contributed by atoms with Crippen LogP contribution in [0.4, 0.5) is 5.95 Å². The fourth-order valence-electron chi connectivity index (χ4n) is 1.04. The maximum atomic E-state index is 11.5. The minimum absolute atomic E-state index is 0.00231. The summed E-state index contributed by atoms with van der Waals surface area (Å²) in [6.07, 6.45) is 4.49. The van der Waals surface area contributed by atoms with Gasteiger partial charge in [0.15, 0.2) is 0 Å². The predicted octanol–water partition coefficient (Wildman–Crippen LogP) is 0.540. The van der Waals surface area contributed by atoms with Gasteiger partial charge in [-0.3, -0.25) is 4.79 Å². The lowest BCUT2D eigenvalue weighted by molar-refractivity contribution is -0.117. The highest BCUT2D eigenvalue weighted by Crippen LogP contribution is 1.97. The second kappa shape index (κ2) is 7.00. The molecule has 0 unspecified atom stereocenters. The van der Waals surface area contributed by atoms with Gasteiger partial charge >= 0.3 is 0 Å². The summed E-state index contributed by atoms with van der Waals surface area (Å²) >= 11 is 0. The van der Waals surface area contributed by atoms with E-state index in [2.05, 4.69) is 25.8 Å². The monoisotopic (exact) mass is 234 g/mol. The molecule has 7 heteroatoms. The third-order valence-electron chi connectivity index (χ3n) is 1.95. The highest BCUT2D eigenvalue weighted by molar-refractivity contribution is 5.97. The Morgan fingerprint density at radius 2 is 2.53 bits per heavy atom. The Hall–Kier alpha value is -2.36. The number of carbonyl (C=O) groups is 1. The van der Waals surface area contributed by atoms with Gasteiger partial charge in [0.25, 0.3) is 5.91 Å². The van der Waals surface area contributed by atoms with Crippen LogP contribution in [0.25, 0.3) is 0 Å². The fourth-order valence-corrected chi connectivity index (χ4v) is 1.04. The first-order valence-electron chi connectivity index (χ1n) is 5.28. The smallest absolute Gasteiger partial charge is 0.263 e. The third-order valence-corrected chi connectivity index (χ3v) is 1.95. The molecule has 0 aromatic carbocycles. The van der Waals surface area contributed by atoms with Crippen molar-refractivity contribution >= 4 is 11.9 Å². The number of anilines is 1. The van der Waals surface area contributed by atoms with Gasteiger partial charge in [0.2, 0.25) is 5.95 Å². The normalized spacial score (nSPS) is 10.7. The number of rotatable bonds is 6. The van der Waals surface area contributed by atoms with Crippen LogP contribution in [0, 0.1) is 11.3 Å². The number of hydrogen-bond donors (Lipinski definition) is 3. The van der Waals surface area contributed by atoms with Gasteiger partial charge in [-0.25, -0.2) is 5.10 Å². The minimum Gasteiger partial charge on any atom is -0.351 e. The van der Waals surface area contributed by atoms with Crippen LogP contribution >= 0.6 is 0 Å². The third kappa shape index (κ3) is 4.34. The van der Waals surface area contributed by atoms with Gasteiger partial charge in [-0.1, -0.05) is 13.3 Å². The van der Waals surface area contributed by atoms with Crippen molar-refractivity contribution in [2.45, 2.75) is 19.8 Å². The van der Waals surface area contributed by atoms with E-state index in [1.807, 2.05) is 13.0 Å². The van der Waals surface area contributed by atoms with E-state index in [9.17, 15) is 4.79 Å². The largest absolute Gasteiger partial charge is 0.351 e. The quantitative estimate of drug-likeness (QED) is 0.378. The van der Waals surface area contributed by atoms with Crippen molar-refractivity contribution in [2.24, 2.45) is 0 Å². The minimum atomic E-state index is -0.395. The Morgan fingerprint density at radius 3 is 3.12 bits per heavy atom. The number of H-pyrrole nitrogens is 1. The van der Waals surface area contributed by atoms with E-state index in [-0.39, 0.29) is 5.57 Å². The van der Waals surface area contributed by atoms with E-state index < -0.39 is 5.91 Å². The maximum absolute atomic E-state index is 11.5. The molecule has 1 rings (SSSR count). The average Bonchev–Trinajstić information content (AvgIpc) is 2.83. The van der Waals surface area contributed by atoms with Crippen LogP contribution < -0.4 is 10.6 Å². The molecule has 90 valence electrons. The first-order valence-corrected chi connectivity index (χ1v) is 5.28. The van der Waals surface area contributed by atoms with Gasteiger partial charge in [-0.15, -0.1) is 0 Å². The summed E-state index contributed by atoms with van der Waals surface area (Å²) in [5.41, 5.74) is -0.00231. The summed E-state index contributed by atoms with van der Waals surface area (Å²) in [6.45, 7) is 2.59. The molecule has 0 saturated heterocycles. The van der Waals surface area contributed by atoms with Gasteiger partial charge in [-0.05, 0) is 6.42 Å². The number of carbonyl (C=O) groups excluding carboxylic acids is 1. The lowest BCUT2D eigenvalue weighted by Crippen LogP contribution is -2.25. The maximum Gasteiger partial charge on any atom is 0.263 e. The molecule has 0 saturated carbocycles. The topological polar surface area (TPSA) is 106 Å². The number of unbranched alkanes of at least 4 members (excludes halogenated alkanes) is 1. The summed E-state index contributed by atoms with van der Waals surface area (Å²) in [5, 5.41) is 20.3. The van der Waals surface area contributed by atoms with E-state index in [0.29, 0.717) is 12.5 Å². The standard InChI is InChI=1S/C10H14N6O/c1-2-3-4-12-9(17)8(5-11)6-13-10-14-7-15-16-10/h6-7H,2-4H2,1H3,(H,12,17)(H2,13,14,15,16)/b8-6-. The lowest BCUT2D eigenvalue weighted by atomic mass is 10.3.